The Morgan fingerprint density at radius 2 is 2.26 bits per heavy atom. The number of anilines is 1. The summed E-state index contributed by atoms with van der Waals surface area (Å²) in [5.74, 6) is 1.12. The van der Waals surface area contributed by atoms with E-state index in [0.717, 1.165) is 41.2 Å². The SMILES string of the molecule is COC1=CCCC(C2CC2C(=O)Nc2sc3c(c2C#N)CCN(C(=O)CCc2ccccn2)C3)=C1.[HH]. The number of fused-ring (bicyclic) bond motifs is 1. The molecule has 1 N–H and O–H groups in total. The Kier molecular flexibility index (Phi) is 6.69. The van der Waals surface area contributed by atoms with Crippen molar-refractivity contribution in [3.63, 3.8) is 0 Å². The molecule has 3 heterocycles. The van der Waals surface area contributed by atoms with Crippen LogP contribution in [0.15, 0.2) is 47.9 Å². The molecule has 0 aromatic carbocycles. The molecule has 2 aliphatic carbocycles. The van der Waals surface area contributed by atoms with E-state index in [0.29, 0.717) is 42.9 Å². The minimum absolute atomic E-state index is 0. The van der Waals surface area contributed by atoms with E-state index in [2.05, 4.69) is 28.5 Å². The molecule has 0 radical (unpaired) electrons. The lowest BCUT2D eigenvalue weighted by Crippen LogP contribution is -2.35. The van der Waals surface area contributed by atoms with Crippen LogP contribution in [0.3, 0.4) is 0 Å². The van der Waals surface area contributed by atoms with E-state index < -0.39 is 0 Å². The summed E-state index contributed by atoms with van der Waals surface area (Å²) in [6.45, 7) is 1.07. The van der Waals surface area contributed by atoms with Gasteiger partial charge in [0.15, 0.2) is 0 Å². The first kappa shape index (κ1) is 23.3. The van der Waals surface area contributed by atoms with Gasteiger partial charge in [0.1, 0.15) is 16.8 Å². The zero-order chi connectivity index (χ0) is 24.4. The Labute approximate surface area is 210 Å². The van der Waals surface area contributed by atoms with E-state index in [1.807, 2.05) is 23.1 Å². The Bertz CT molecular complexity index is 1250. The molecule has 5 rings (SSSR count). The van der Waals surface area contributed by atoms with Crippen LogP contribution in [0.2, 0.25) is 0 Å². The first-order chi connectivity index (χ1) is 17.1. The smallest absolute Gasteiger partial charge is 0.228 e. The second-order valence-corrected chi connectivity index (χ2v) is 10.3. The highest BCUT2D eigenvalue weighted by Crippen LogP contribution is 2.48. The van der Waals surface area contributed by atoms with Gasteiger partial charge in [-0.2, -0.15) is 5.26 Å². The van der Waals surface area contributed by atoms with Crippen molar-refractivity contribution in [3.8, 4) is 6.07 Å². The number of allylic oxidation sites excluding steroid dienone is 3. The molecule has 2 amide bonds. The van der Waals surface area contributed by atoms with Gasteiger partial charge in [-0.3, -0.25) is 14.6 Å². The number of nitrogens with one attached hydrogen (secondary N) is 1. The fourth-order valence-electron chi connectivity index (χ4n) is 4.99. The first-order valence-electron chi connectivity index (χ1n) is 12.0. The van der Waals surface area contributed by atoms with Crippen LogP contribution < -0.4 is 5.32 Å². The lowest BCUT2D eigenvalue weighted by Gasteiger charge is -2.27. The predicted molar refractivity (Wildman–Crippen MR) is 135 cm³/mol. The molecule has 2 aromatic rings. The fraction of sp³-hybridized carbons (Fsp3) is 0.407. The van der Waals surface area contributed by atoms with Gasteiger partial charge in [-0.15, -0.1) is 11.3 Å². The normalized spacial score (nSPS) is 20.7. The minimum atomic E-state index is -0.0622. The Morgan fingerprint density at radius 3 is 3.03 bits per heavy atom. The van der Waals surface area contributed by atoms with Crippen molar-refractivity contribution in [2.24, 2.45) is 11.8 Å². The van der Waals surface area contributed by atoms with Crippen molar-refractivity contribution in [1.29, 1.82) is 5.26 Å². The number of nitriles is 1. The Hall–Kier alpha value is -3.44. The average molecular weight is 491 g/mol. The second-order valence-electron chi connectivity index (χ2n) is 9.21. The number of ether oxygens (including phenoxy) is 1. The van der Waals surface area contributed by atoms with Crippen LogP contribution in [0.5, 0.6) is 0 Å². The van der Waals surface area contributed by atoms with Gasteiger partial charge in [-0.05, 0) is 67.9 Å². The molecule has 35 heavy (non-hydrogen) atoms. The second kappa shape index (κ2) is 10.0. The molecular formula is C27H30N4O3S. The molecule has 1 saturated carbocycles. The van der Waals surface area contributed by atoms with Crippen LogP contribution in [0.1, 0.15) is 48.8 Å². The van der Waals surface area contributed by atoms with Gasteiger partial charge in [-0.25, -0.2) is 0 Å². The van der Waals surface area contributed by atoms with E-state index >= 15 is 0 Å². The van der Waals surface area contributed by atoms with Gasteiger partial charge in [0, 0.05) is 37.1 Å². The number of hydrogen-bond acceptors (Lipinski definition) is 6. The number of nitrogens with zero attached hydrogens (tertiary/aromatic N) is 3. The molecule has 2 aromatic heterocycles. The van der Waals surface area contributed by atoms with Crippen molar-refractivity contribution in [1.82, 2.24) is 9.88 Å². The van der Waals surface area contributed by atoms with E-state index in [9.17, 15) is 14.9 Å². The maximum absolute atomic E-state index is 13.0. The molecule has 0 saturated heterocycles. The molecule has 1 fully saturated rings. The van der Waals surface area contributed by atoms with Crippen LogP contribution in [0.4, 0.5) is 5.00 Å². The summed E-state index contributed by atoms with van der Waals surface area (Å²) < 4.78 is 5.35. The Morgan fingerprint density at radius 1 is 1.37 bits per heavy atom. The van der Waals surface area contributed by atoms with E-state index in [-0.39, 0.29) is 25.1 Å². The molecule has 8 heteroatoms. The lowest BCUT2D eigenvalue weighted by atomic mass is 9.98. The summed E-state index contributed by atoms with van der Waals surface area (Å²) in [5, 5.41) is 13.5. The summed E-state index contributed by atoms with van der Waals surface area (Å²) in [4.78, 5) is 32.9. The standard InChI is InChI=1S/C27H28N4O3S.H2/c1-34-19-7-4-5-17(13-19)21-14-22(21)26(33)30-27-23(15-28)20-10-12-31(16-24(20)35-27)25(32)9-8-18-6-2-3-11-29-18;/h2-3,6-7,11,13,21-22H,4-5,8-10,12,14,16H2,1H3,(H,30,33);1H. The van der Waals surface area contributed by atoms with Crippen molar-refractivity contribution >= 4 is 28.2 Å². The van der Waals surface area contributed by atoms with Crippen LogP contribution in [-0.2, 0) is 33.7 Å². The molecule has 3 aliphatic rings. The number of methoxy groups -OCH3 is 1. The third kappa shape index (κ3) is 5.01. The molecule has 1 aliphatic heterocycles. The maximum Gasteiger partial charge on any atom is 0.228 e. The van der Waals surface area contributed by atoms with Crippen molar-refractivity contribution in [2.45, 2.75) is 45.1 Å². The molecule has 0 bridgehead atoms. The molecule has 2 atom stereocenters. The zero-order valence-electron chi connectivity index (χ0n) is 19.8. The topological polar surface area (TPSA) is 95.3 Å². The molecule has 7 nitrogen and oxygen atoms in total. The Balaban J connectivity index is 0.00000304. The number of aromatic nitrogens is 1. The van der Waals surface area contributed by atoms with E-state index in [1.54, 1.807) is 13.3 Å². The highest BCUT2D eigenvalue weighted by Gasteiger charge is 2.45. The van der Waals surface area contributed by atoms with Gasteiger partial charge in [0.05, 0.1) is 19.2 Å². The van der Waals surface area contributed by atoms with Crippen molar-refractivity contribution in [3.05, 3.63) is 69.6 Å². The molecule has 2 unspecified atom stereocenters. The highest BCUT2D eigenvalue weighted by molar-refractivity contribution is 7.16. The fourth-order valence-corrected chi connectivity index (χ4v) is 6.21. The highest BCUT2D eigenvalue weighted by atomic mass is 32.1. The number of aryl methyl sites for hydroxylation is 1. The number of amides is 2. The summed E-state index contributed by atoms with van der Waals surface area (Å²) in [6.07, 6.45) is 10.3. The third-order valence-corrected chi connectivity index (χ3v) is 8.16. The minimum Gasteiger partial charge on any atom is -0.497 e. The van der Waals surface area contributed by atoms with Crippen molar-refractivity contribution < 1.29 is 15.8 Å². The van der Waals surface area contributed by atoms with Gasteiger partial charge in [0.25, 0.3) is 0 Å². The van der Waals surface area contributed by atoms with Gasteiger partial charge < -0.3 is 15.0 Å². The average Bonchev–Trinajstić information content (AvgIpc) is 3.63. The maximum atomic E-state index is 13.0. The number of hydrogen-bond donors (Lipinski definition) is 1. The number of pyridine rings is 1. The van der Waals surface area contributed by atoms with Gasteiger partial charge in [-0.1, -0.05) is 11.6 Å². The van der Waals surface area contributed by atoms with Crippen LogP contribution in [-0.4, -0.2) is 35.4 Å². The summed E-state index contributed by atoms with van der Waals surface area (Å²) in [5.41, 5.74) is 3.70. The van der Waals surface area contributed by atoms with E-state index in [1.165, 1.54) is 16.9 Å². The molecule has 0 spiro atoms. The van der Waals surface area contributed by atoms with Crippen LogP contribution >= 0.6 is 11.3 Å². The first-order valence-corrected chi connectivity index (χ1v) is 12.9. The van der Waals surface area contributed by atoms with Gasteiger partial charge in [0.2, 0.25) is 11.8 Å². The number of rotatable bonds is 7. The van der Waals surface area contributed by atoms with Crippen LogP contribution in [0.25, 0.3) is 0 Å². The monoisotopic (exact) mass is 490 g/mol. The largest absolute Gasteiger partial charge is 0.497 e. The third-order valence-electron chi connectivity index (χ3n) is 7.02. The van der Waals surface area contributed by atoms with Crippen LogP contribution in [0, 0.1) is 23.2 Å². The number of thiophene rings is 1. The van der Waals surface area contributed by atoms with E-state index in [4.69, 9.17) is 4.74 Å². The predicted octanol–water partition coefficient (Wildman–Crippen LogP) is 4.60. The molecule has 182 valence electrons. The summed E-state index contributed by atoms with van der Waals surface area (Å²) in [6, 6.07) is 8.01. The summed E-state index contributed by atoms with van der Waals surface area (Å²) in [7, 11) is 1.67. The molecular weight excluding hydrogens is 460 g/mol. The number of carbonyl (C=O) groups excluding carboxylic acids is 2. The quantitative estimate of drug-likeness (QED) is 0.612. The van der Waals surface area contributed by atoms with Gasteiger partial charge >= 0.3 is 0 Å². The number of carbonyl (C=O) groups is 2. The zero-order valence-corrected chi connectivity index (χ0v) is 20.6. The lowest BCUT2D eigenvalue weighted by molar-refractivity contribution is -0.132. The van der Waals surface area contributed by atoms with Crippen molar-refractivity contribution in [2.75, 3.05) is 19.0 Å². The summed E-state index contributed by atoms with van der Waals surface area (Å²) >= 11 is 1.43.